The summed E-state index contributed by atoms with van der Waals surface area (Å²) < 4.78 is 1.77. The number of fused-ring (bicyclic) bond motifs is 9. The van der Waals surface area contributed by atoms with E-state index in [9.17, 15) is 10.1 Å². The molecule has 1 aliphatic heterocycles. The fourth-order valence-corrected chi connectivity index (χ4v) is 5.82. The molecule has 3 aromatic heterocycles. The van der Waals surface area contributed by atoms with Crippen molar-refractivity contribution in [3.05, 3.63) is 76.6 Å². The predicted molar refractivity (Wildman–Crippen MR) is 126 cm³/mol. The van der Waals surface area contributed by atoms with Gasteiger partial charge in [-0.1, -0.05) is 6.07 Å². The Balaban J connectivity index is 1.38. The lowest BCUT2D eigenvalue weighted by molar-refractivity contribution is 0.0734. The number of rotatable bonds is 2. The first-order valence-electron chi connectivity index (χ1n) is 11.8. The zero-order valence-corrected chi connectivity index (χ0v) is 19.1. The van der Waals surface area contributed by atoms with Gasteiger partial charge in [0.25, 0.3) is 5.91 Å². The van der Waals surface area contributed by atoms with E-state index in [1.807, 2.05) is 18.3 Å². The maximum absolute atomic E-state index is 13.2. The molecule has 9 nitrogen and oxygen atoms in total. The number of benzene rings is 1. The van der Waals surface area contributed by atoms with E-state index in [0.717, 1.165) is 53.0 Å². The van der Waals surface area contributed by atoms with Crippen LogP contribution in [0.15, 0.2) is 42.9 Å². The summed E-state index contributed by atoms with van der Waals surface area (Å²) in [6, 6.07) is 9.37. The second kappa shape index (κ2) is 6.93. The Morgan fingerprint density at radius 3 is 2.69 bits per heavy atom. The van der Waals surface area contributed by atoms with Gasteiger partial charge in [-0.15, -0.1) is 0 Å². The molecule has 2 unspecified atom stereocenters. The number of amides is 1. The van der Waals surface area contributed by atoms with E-state index in [1.165, 1.54) is 0 Å². The third kappa shape index (κ3) is 2.68. The SMILES string of the molecule is CN1C(=O)c2cccc(C#N)c2C2CC1c1nn3ccc(-c4cnc(C5(N)CCC5)nc4)nc3c12. The standard InChI is InChI=1S/C26H22N8O/c1-33-19-10-17(20-14(11-27)4-2-5-16(20)24(33)35)21-22(19)32-34-9-6-18(31-23(21)34)15-12-29-25(30-13-15)26(28)7-3-8-26/h2,4-6,9,12-13,17,19H,3,7-8,10,28H2,1H3. The highest BCUT2D eigenvalue weighted by Crippen LogP contribution is 2.51. The normalized spacial score (nSPS) is 21.7. The number of carbonyl (C=O) groups excluding carboxylic acids is 1. The Morgan fingerprint density at radius 2 is 1.97 bits per heavy atom. The van der Waals surface area contributed by atoms with Gasteiger partial charge in [-0.3, -0.25) is 4.79 Å². The van der Waals surface area contributed by atoms with Crippen LogP contribution in [0.4, 0.5) is 0 Å². The lowest BCUT2D eigenvalue weighted by atomic mass is 9.77. The molecule has 0 radical (unpaired) electrons. The number of nitriles is 1. The van der Waals surface area contributed by atoms with Crippen LogP contribution >= 0.6 is 0 Å². The Hall–Kier alpha value is -4.16. The van der Waals surface area contributed by atoms with Crippen molar-refractivity contribution in [3.63, 3.8) is 0 Å². The van der Waals surface area contributed by atoms with Gasteiger partial charge in [0.1, 0.15) is 5.82 Å². The fourth-order valence-electron chi connectivity index (χ4n) is 5.82. The maximum Gasteiger partial charge on any atom is 0.254 e. The highest BCUT2D eigenvalue weighted by Gasteiger charge is 2.46. The molecule has 4 heterocycles. The molecule has 2 atom stereocenters. The van der Waals surface area contributed by atoms with Crippen LogP contribution in [0, 0.1) is 11.3 Å². The van der Waals surface area contributed by atoms with Crippen molar-refractivity contribution in [3.8, 4) is 17.3 Å². The minimum absolute atomic E-state index is 0.0812. The van der Waals surface area contributed by atoms with Gasteiger partial charge in [-0.25, -0.2) is 19.5 Å². The maximum atomic E-state index is 13.2. The molecule has 2 aliphatic carbocycles. The summed E-state index contributed by atoms with van der Waals surface area (Å²) in [6.07, 6.45) is 9.04. The van der Waals surface area contributed by atoms with E-state index in [-0.39, 0.29) is 17.9 Å². The molecular formula is C26H22N8O. The Labute approximate surface area is 201 Å². The number of carbonyl (C=O) groups is 1. The minimum Gasteiger partial charge on any atom is -0.333 e. The number of nitrogens with zero attached hydrogens (tertiary/aromatic N) is 7. The first kappa shape index (κ1) is 20.2. The first-order chi connectivity index (χ1) is 17.0. The Morgan fingerprint density at radius 1 is 1.17 bits per heavy atom. The van der Waals surface area contributed by atoms with Crippen LogP contribution in [0.3, 0.4) is 0 Å². The van der Waals surface area contributed by atoms with Crippen LogP contribution in [-0.2, 0) is 5.54 Å². The van der Waals surface area contributed by atoms with Crippen LogP contribution in [0.5, 0.6) is 0 Å². The molecule has 9 heteroatoms. The van der Waals surface area contributed by atoms with E-state index in [4.69, 9.17) is 15.8 Å². The van der Waals surface area contributed by atoms with Gasteiger partial charge >= 0.3 is 0 Å². The van der Waals surface area contributed by atoms with E-state index in [2.05, 4.69) is 16.0 Å². The largest absolute Gasteiger partial charge is 0.333 e. The second-order valence-electron chi connectivity index (χ2n) is 9.78. The quantitative estimate of drug-likeness (QED) is 0.485. The lowest BCUT2D eigenvalue weighted by Crippen LogP contribution is -2.44. The van der Waals surface area contributed by atoms with Crippen molar-refractivity contribution in [2.75, 3.05) is 7.05 Å². The second-order valence-corrected chi connectivity index (χ2v) is 9.78. The predicted octanol–water partition coefficient (Wildman–Crippen LogP) is 3.06. The summed E-state index contributed by atoms with van der Waals surface area (Å²) in [7, 11) is 1.81. The van der Waals surface area contributed by atoms with Crippen LogP contribution in [-0.4, -0.2) is 42.4 Å². The summed E-state index contributed by atoms with van der Waals surface area (Å²) in [6.45, 7) is 0. The van der Waals surface area contributed by atoms with E-state index in [0.29, 0.717) is 23.4 Å². The molecule has 35 heavy (non-hydrogen) atoms. The molecule has 1 amide bonds. The van der Waals surface area contributed by atoms with Gasteiger partial charge in [0.15, 0.2) is 5.65 Å². The molecule has 7 rings (SSSR count). The minimum atomic E-state index is -0.409. The number of aromatic nitrogens is 5. The summed E-state index contributed by atoms with van der Waals surface area (Å²) in [5, 5.41) is 14.7. The van der Waals surface area contributed by atoms with Gasteiger partial charge in [-0.05, 0) is 49.4 Å². The van der Waals surface area contributed by atoms with Crippen molar-refractivity contribution < 1.29 is 4.79 Å². The smallest absolute Gasteiger partial charge is 0.254 e. The van der Waals surface area contributed by atoms with E-state index >= 15 is 0 Å². The highest BCUT2D eigenvalue weighted by atomic mass is 16.2. The van der Waals surface area contributed by atoms with E-state index < -0.39 is 5.54 Å². The lowest BCUT2D eigenvalue weighted by Gasteiger charge is -2.36. The topological polar surface area (TPSA) is 126 Å². The molecule has 0 spiro atoms. The van der Waals surface area contributed by atoms with Crippen LogP contribution < -0.4 is 5.73 Å². The number of hydrogen-bond acceptors (Lipinski definition) is 7. The summed E-state index contributed by atoms with van der Waals surface area (Å²) in [5.41, 5.74) is 11.9. The third-order valence-corrected chi connectivity index (χ3v) is 7.90. The summed E-state index contributed by atoms with van der Waals surface area (Å²) >= 11 is 0. The monoisotopic (exact) mass is 462 g/mol. The van der Waals surface area contributed by atoms with Gasteiger partial charge in [0, 0.05) is 48.2 Å². The number of hydrogen-bond donors (Lipinski definition) is 1. The van der Waals surface area contributed by atoms with Crippen molar-refractivity contribution in [1.82, 2.24) is 29.5 Å². The van der Waals surface area contributed by atoms with Gasteiger partial charge in [0.05, 0.1) is 34.6 Å². The number of nitrogens with two attached hydrogens (primary N) is 1. The molecule has 2 N–H and O–H groups in total. The Bertz CT molecular complexity index is 1580. The van der Waals surface area contributed by atoms with Crippen molar-refractivity contribution >= 4 is 11.6 Å². The molecule has 1 fully saturated rings. The molecule has 4 aromatic rings. The van der Waals surface area contributed by atoms with Gasteiger partial charge in [0.2, 0.25) is 0 Å². The zero-order chi connectivity index (χ0) is 23.9. The van der Waals surface area contributed by atoms with Crippen molar-refractivity contribution in [2.24, 2.45) is 5.73 Å². The molecular weight excluding hydrogens is 440 g/mol. The summed E-state index contributed by atoms with van der Waals surface area (Å²) in [5.74, 6) is 0.462. The molecule has 1 saturated carbocycles. The zero-order valence-electron chi connectivity index (χ0n) is 19.1. The molecule has 3 aliphatic rings. The van der Waals surface area contributed by atoms with Crippen LogP contribution in [0.1, 0.15) is 76.2 Å². The van der Waals surface area contributed by atoms with Gasteiger partial charge < -0.3 is 10.6 Å². The Kier molecular flexibility index (Phi) is 4.01. The van der Waals surface area contributed by atoms with Crippen LogP contribution in [0.2, 0.25) is 0 Å². The third-order valence-electron chi connectivity index (χ3n) is 7.90. The van der Waals surface area contributed by atoms with Gasteiger partial charge in [-0.2, -0.15) is 10.4 Å². The fraction of sp³-hybridized carbons (Fsp3) is 0.308. The molecule has 172 valence electrons. The summed E-state index contributed by atoms with van der Waals surface area (Å²) in [4.78, 5) is 29.0. The average Bonchev–Trinajstić information content (AvgIpc) is 3.39. The van der Waals surface area contributed by atoms with Crippen molar-refractivity contribution in [1.29, 1.82) is 5.26 Å². The van der Waals surface area contributed by atoms with Crippen LogP contribution in [0.25, 0.3) is 16.9 Å². The van der Waals surface area contributed by atoms with E-state index in [1.54, 1.807) is 41.0 Å². The molecule has 1 aromatic carbocycles. The average molecular weight is 463 g/mol. The molecule has 2 bridgehead atoms. The highest BCUT2D eigenvalue weighted by molar-refractivity contribution is 5.98. The first-order valence-corrected chi connectivity index (χ1v) is 11.8. The molecule has 0 saturated heterocycles. The van der Waals surface area contributed by atoms with Crippen molar-refractivity contribution in [2.45, 2.75) is 43.2 Å².